The van der Waals surface area contributed by atoms with Crippen LogP contribution in [0.15, 0.2) is 150 Å². The number of hydrogen-bond acceptors (Lipinski definition) is 5. The van der Waals surface area contributed by atoms with Gasteiger partial charge in [0.05, 0.1) is 11.6 Å². The SMILES string of the molecule is N#Cc1ccc2oc3ccc(-c4ccc(-c5ccc(-c6nc(-c7ccccc7)nc(-c7ccccc7)n6)cc5)cc4)cc3c2c1. The van der Waals surface area contributed by atoms with E-state index >= 15 is 0 Å². The van der Waals surface area contributed by atoms with Crippen LogP contribution in [0.3, 0.4) is 0 Å². The fraction of sp³-hybridized carbons (Fsp3) is 0. The molecule has 0 saturated carbocycles. The van der Waals surface area contributed by atoms with Crippen LogP contribution < -0.4 is 0 Å². The third-order valence-electron chi connectivity index (χ3n) is 7.99. The van der Waals surface area contributed by atoms with E-state index in [2.05, 4.69) is 66.7 Å². The minimum absolute atomic E-state index is 0.620. The van der Waals surface area contributed by atoms with Gasteiger partial charge in [-0.2, -0.15) is 5.26 Å². The highest BCUT2D eigenvalue weighted by Crippen LogP contribution is 2.34. The predicted molar refractivity (Wildman–Crippen MR) is 179 cm³/mol. The summed E-state index contributed by atoms with van der Waals surface area (Å²) in [5, 5.41) is 11.3. The number of nitriles is 1. The Labute approximate surface area is 259 Å². The average Bonchev–Trinajstić information content (AvgIpc) is 3.49. The number of aromatic nitrogens is 3. The third-order valence-corrected chi connectivity index (χ3v) is 7.99. The van der Waals surface area contributed by atoms with Crippen LogP contribution in [0.5, 0.6) is 0 Å². The predicted octanol–water partition coefficient (Wildman–Crippen LogP) is 9.98. The van der Waals surface area contributed by atoms with Crippen molar-refractivity contribution in [2.45, 2.75) is 0 Å². The molecule has 8 aromatic rings. The Morgan fingerprint density at radius 3 is 1.31 bits per heavy atom. The molecule has 0 spiro atoms. The maximum Gasteiger partial charge on any atom is 0.164 e. The van der Waals surface area contributed by atoms with Crippen LogP contribution in [0.25, 0.3) is 78.4 Å². The fourth-order valence-corrected chi connectivity index (χ4v) is 5.63. The van der Waals surface area contributed by atoms with Crippen molar-refractivity contribution in [1.82, 2.24) is 15.0 Å². The molecule has 0 bridgehead atoms. The molecule has 0 aliphatic carbocycles. The van der Waals surface area contributed by atoms with Crippen LogP contribution >= 0.6 is 0 Å². The first-order valence-electron chi connectivity index (χ1n) is 14.7. The van der Waals surface area contributed by atoms with Gasteiger partial charge in [-0.15, -0.1) is 0 Å². The molecule has 5 nitrogen and oxygen atoms in total. The molecule has 0 fully saturated rings. The zero-order chi connectivity index (χ0) is 30.2. The summed E-state index contributed by atoms with van der Waals surface area (Å²) in [5.74, 6) is 1.92. The number of rotatable bonds is 5. The van der Waals surface area contributed by atoms with Gasteiger partial charge in [-0.25, -0.2) is 15.0 Å². The van der Waals surface area contributed by atoms with E-state index in [0.717, 1.165) is 60.9 Å². The van der Waals surface area contributed by atoms with E-state index in [4.69, 9.17) is 19.4 Å². The molecule has 0 amide bonds. The van der Waals surface area contributed by atoms with Crippen LogP contribution in [-0.4, -0.2) is 15.0 Å². The summed E-state index contributed by atoms with van der Waals surface area (Å²) in [7, 11) is 0. The highest BCUT2D eigenvalue weighted by Gasteiger charge is 2.13. The number of furan rings is 1. The number of nitrogens with zero attached hydrogens (tertiary/aromatic N) is 4. The molecular formula is C40H24N4O. The van der Waals surface area contributed by atoms with E-state index < -0.39 is 0 Å². The monoisotopic (exact) mass is 576 g/mol. The second-order valence-corrected chi connectivity index (χ2v) is 10.8. The molecule has 0 aliphatic heterocycles. The highest BCUT2D eigenvalue weighted by atomic mass is 16.3. The largest absolute Gasteiger partial charge is 0.456 e. The Kier molecular flexibility index (Phi) is 6.44. The molecule has 5 heteroatoms. The average molecular weight is 577 g/mol. The molecule has 8 rings (SSSR count). The molecular weight excluding hydrogens is 552 g/mol. The molecule has 2 heterocycles. The lowest BCUT2D eigenvalue weighted by atomic mass is 9.98. The van der Waals surface area contributed by atoms with Crippen LogP contribution in [0.4, 0.5) is 0 Å². The number of fused-ring (bicyclic) bond motifs is 3. The van der Waals surface area contributed by atoms with Crippen molar-refractivity contribution in [3.8, 4) is 62.5 Å². The summed E-state index contributed by atoms with van der Waals surface area (Å²) in [6.07, 6.45) is 0. The van der Waals surface area contributed by atoms with Crippen LogP contribution in [0, 0.1) is 11.3 Å². The second kappa shape index (κ2) is 11.0. The van der Waals surface area contributed by atoms with Gasteiger partial charge in [-0.05, 0) is 52.6 Å². The first-order chi connectivity index (χ1) is 22.2. The van der Waals surface area contributed by atoms with E-state index in [9.17, 15) is 5.26 Å². The molecule has 2 aromatic heterocycles. The van der Waals surface area contributed by atoms with Gasteiger partial charge in [0.2, 0.25) is 0 Å². The fourth-order valence-electron chi connectivity index (χ4n) is 5.63. The van der Waals surface area contributed by atoms with Crippen LogP contribution in [-0.2, 0) is 0 Å². The van der Waals surface area contributed by atoms with Crippen molar-refractivity contribution in [3.05, 3.63) is 151 Å². The van der Waals surface area contributed by atoms with E-state index in [-0.39, 0.29) is 0 Å². The number of hydrogen-bond donors (Lipinski definition) is 0. The van der Waals surface area contributed by atoms with Gasteiger partial charge in [0.1, 0.15) is 11.2 Å². The van der Waals surface area contributed by atoms with Gasteiger partial charge in [-0.1, -0.05) is 115 Å². The minimum Gasteiger partial charge on any atom is -0.456 e. The van der Waals surface area contributed by atoms with Crippen LogP contribution in [0.2, 0.25) is 0 Å². The van der Waals surface area contributed by atoms with Gasteiger partial charge < -0.3 is 4.42 Å². The van der Waals surface area contributed by atoms with Crippen molar-refractivity contribution in [1.29, 1.82) is 5.26 Å². The van der Waals surface area contributed by atoms with Crippen molar-refractivity contribution >= 4 is 21.9 Å². The minimum atomic E-state index is 0.620. The Morgan fingerprint density at radius 2 is 0.800 bits per heavy atom. The lowest BCUT2D eigenvalue weighted by Crippen LogP contribution is -2.00. The topological polar surface area (TPSA) is 75.6 Å². The first-order valence-corrected chi connectivity index (χ1v) is 14.7. The van der Waals surface area contributed by atoms with E-state index in [0.29, 0.717) is 23.0 Å². The van der Waals surface area contributed by atoms with E-state index in [1.165, 1.54) is 0 Å². The smallest absolute Gasteiger partial charge is 0.164 e. The van der Waals surface area contributed by atoms with Gasteiger partial charge in [0.25, 0.3) is 0 Å². The van der Waals surface area contributed by atoms with Gasteiger partial charge in [-0.3, -0.25) is 0 Å². The summed E-state index contributed by atoms with van der Waals surface area (Å²) >= 11 is 0. The summed E-state index contributed by atoms with van der Waals surface area (Å²) in [4.78, 5) is 14.5. The Morgan fingerprint density at radius 1 is 0.400 bits per heavy atom. The highest BCUT2D eigenvalue weighted by molar-refractivity contribution is 6.06. The maximum atomic E-state index is 9.35. The van der Waals surface area contributed by atoms with E-state index in [1.807, 2.05) is 78.9 Å². The van der Waals surface area contributed by atoms with Crippen molar-refractivity contribution < 1.29 is 4.42 Å². The molecule has 45 heavy (non-hydrogen) atoms. The normalized spacial score (nSPS) is 11.1. The van der Waals surface area contributed by atoms with Crippen molar-refractivity contribution in [3.63, 3.8) is 0 Å². The summed E-state index contributed by atoms with van der Waals surface area (Å²) in [6.45, 7) is 0. The quantitative estimate of drug-likeness (QED) is 0.204. The lowest BCUT2D eigenvalue weighted by molar-refractivity contribution is 0.669. The van der Waals surface area contributed by atoms with Crippen LogP contribution in [0.1, 0.15) is 5.56 Å². The molecule has 0 radical (unpaired) electrons. The molecule has 0 saturated heterocycles. The molecule has 6 aromatic carbocycles. The Balaban J connectivity index is 1.10. The summed E-state index contributed by atoms with van der Waals surface area (Å²) in [5.41, 5.74) is 9.44. The zero-order valence-electron chi connectivity index (χ0n) is 24.1. The van der Waals surface area contributed by atoms with Gasteiger partial charge >= 0.3 is 0 Å². The maximum absolute atomic E-state index is 9.35. The van der Waals surface area contributed by atoms with Gasteiger partial charge in [0.15, 0.2) is 17.5 Å². The molecule has 210 valence electrons. The van der Waals surface area contributed by atoms with E-state index in [1.54, 1.807) is 6.07 Å². The standard InChI is InChI=1S/C40H24N4O/c41-25-26-11-21-36-34(23-26)35-24-33(20-22-37(35)45-36)29-14-12-27(13-15-29)28-16-18-32(19-17-28)40-43-38(30-7-3-1-4-8-30)42-39(44-40)31-9-5-2-6-10-31/h1-24H. The first kappa shape index (κ1) is 26.3. The Bertz CT molecular complexity index is 2300. The number of benzene rings is 6. The molecule has 0 N–H and O–H groups in total. The third kappa shape index (κ3) is 5.01. The van der Waals surface area contributed by atoms with Gasteiger partial charge in [0, 0.05) is 27.5 Å². The lowest BCUT2D eigenvalue weighted by Gasteiger charge is -2.09. The molecule has 0 atom stereocenters. The second-order valence-electron chi connectivity index (χ2n) is 10.8. The summed E-state index contributed by atoms with van der Waals surface area (Å²) in [6, 6.07) is 50.8. The molecule has 0 unspecified atom stereocenters. The Hall–Kier alpha value is -6.38. The summed E-state index contributed by atoms with van der Waals surface area (Å²) < 4.78 is 6.00. The zero-order valence-corrected chi connectivity index (χ0v) is 24.1. The van der Waals surface area contributed by atoms with Crippen molar-refractivity contribution in [2.24, 2.45) is 0 Å². The van der Waals surface area contributed by atoms with Crippen molar-refractivity contribution in [2.75, 3.05) is 0 Å². The molecule has 0 aliphatic rings.